The molecule has 0 unspecified atom stereocenters. The highest BCUT2D eigenvalue weighted by Crippen LogP contribution is 2.27. The Bertz CT molecular complexity index is 595. The lowest BCUT2D eigenvalue weighted by Crippen LogP contribution is -2.14. The van der Waals surface area contributed by atoms with Gasteiger partial charge in [0.05, 0.1) is 6.20 Å². The zero-order valence-electron chi connectivity index (χ0n) is 10.7. The Balaban J connectivity index is 2.48. The molecule has 1 N–H and O–H groups in total. The summed E-state index contributed by atoms with van der Waals surface area (Å²) in [5, 5.41) is 6.69. The smallest absolute Gasteiger partial charge is 0.280 e. The molecule has 1 aromatic heterocycles. The monoisotopic (exact) mass is 287 g/mol. The van der Waals surface area contributed by atoms with Crippen LogP contribution < -0.4 is 5.32 Å². The third-order valence-electron chi connectivity index (χ3n) is 2.80. The molecule has 0 amide bonds. The van der Waals surface area contributed by atoms with Crippen molar-refractivity contribution in [2.75, 3.05) is 6.54 Å². The second-order valence-electron chi connectivity index (χ2n) is 4.14. The van der Waals surface area contributed by atoms with Gasteiger partial charge < -0.3 is 5.32 Å². The van der Waals surface area contributed by atoms with Crippen LogP contribution in [0.2, 0.25) is 0 Å². The van der Waals surface area contributed by atoms with E-state index in [-0.39, 0.29) is 17.8 Å². The summed E-state index contributed by atoms with van der Waals surface area (Å²) in [6.45, 7) is 2.66. The van der Waals surface area contributed by atoms with Gasteiger partial charge in [-0.15, -0.1) is 0 Å². The molecule has 0 aliphatic carbocycles. The van der Waals surface area contributed by atoms with E-state index >= 15 is 0 Å². The van der Waals surface area contributed by atoms with E-state index in [2.05, 4.69) is 10.4 Å². The molecule has 0 saturated carbocycles. The van der Waals surface area contributed by atoms with E-state index in [4.69, 9.17) is 0 Å². The summed E-state index contributed by atoms with van der Waals surface area (Å²) in [7, 11) is 0. The van der Waals surface area contributed by atoms with Crippen LogP contribution in [0.25, 0.3) is 5.69 Å². The number of rotatable bonds is 5. The molecule has 0 aliphatic heterocycles. The van der Waals surface area contributed by atoms with E-state index < -0.39 is 23.8 Å². The number of aromatic nitrogens is 2. The molecule has 0 aliphatic rings. The molecule has 3 nitrogen and oxygen atoms in total. The number of nitrogens with zero attached hydrogens (tertiary/aromatic N) is 2. The molecule has 0 bridgehead atoms. The molecule has 0 spiro atoms. The number of benzene rings is 1. The molecule has 0 radical (unpaired) electrons. The molecule has 1 heterocycles. The normalized spacial score (nSPS) is 11.3. The van der Waals surface area contributed by atoms with Gasteiger partial charge in [-0.25, -0.2) is 22.2 Å². The SMILES string of the molecule is CCNCc1cnn(-c2ccc(F)cc2F)c1C(F)F. The van der Waals surface area contributed by atoms with Gasteiger partial charge in [-0.2, -0.15) is 5.10 Å². The van der Waals surface area contributed by atoms with Crippen LogP contribution in [0, 0.1) is 11.6 Å². The molecular formula is C13H13F4N3. The van der Waals surface area contributed by atoms with E-state index in [9.17, 15) is 17.6 Å². The van der Waals surface area contributed by atoms with E-state index in [1.165, 1.54) is 6.20 Å². The van der Waals surface area contributed by atoms with Crippen molar-refractivity contribution in [2.45, 2.75) is 19.9 Å². The first kappa shape index (κ1) is 14.5. The summed E-state index contributed by atoms with van der Waals surface area (Å²) in [6, 6.07) is 2.72. The molecule has 1 aromatic carbocycles. The van der Waals surface area contributed by atoms with Crippen LogP contribution in [0.1, 0.15) is 24.6 Å². The summed E-state index contributed by atoms with van der Waals surface area (Å²) in [6.07, 6.45) is -1.55. The molecule has 0 saturated heterocycles. The van der Waals surface area contributed by atoms with Crippen LogP contribution >= 0.6 is 0 Å². The predicted molar refractivity (Wildman–Crippen MR) is 65.8 cm³/mol. The lowest BCUT2D eigenvalue weighted by Gasteiger charge is -2.10. The Morgan fingerprint density at radius 1 is 1.30 bits per heavy atom. The van der Waals surface area contributed by atoms with E-state index in [0.717, 1.165) is 16.8 Å². The van der Waals surface area contributed by atoms with Crippen LogP contribution in [-0.2, 0) is 6.54 Å². The van der Waals surface area contributed by atoms with Gasteiger partial charge in [-0.1, -0.05) is 6.92 Å². The summed E-state index contributed by atoms with van der Waals surface area (Å²) < 4.78 is 53.7. The maximum Gasteiger partial charge on any atom is 0.280 e. The first-order valence-corrected chi connectivity index (χ1v) is 6.05. The van der Waals surface area contributed by atoms with Crippen LogP contribution in [0.5, 0.6) is 0 Å². The molecule has 2 rings (SSSR count). The Morgan fingerprint density at radius 2 is 2.05 bits per heavy atom. The fraction of sp³-hybridized carbons (Fsp3) is 0.308. The highest BCUT2D eigenvalue weighted by molar-refractivity contribution is 5.37. The summed E-state index contributed by atoms with van der Waals surface area (Å²) >= 11 is 0. The van der Waals surface area contributed by atoms with Gasteiger partial charge >= 0.3 is 0 Å². The van der Waals surface area contributed by atoms with E-state index in [1.807, 2.05) is 6.92 Å². The number of halogens is 4. The lowest BCUT2D eigenvalue weighted by atomic mass is 10.2. The minimum Gasteiger partial charge on any atom is -0.313 e. The van der Waals surface area contributed by atoms with Crippen molar-refractivity contribution < 1.29 is 17.6 Å². The lowest BCUT2D eigenvalue weighted by molar-refractivity contribution is 0.141. The minimum atomic E-state index is -2.81. The van der Waals surface area contributed by atoms with Crippen molar-refractivity contribution in [1.82, 2.24) is 15.1 Å². The fourth-order valence-corrected chi connectivity index (χ4v) is 1.87. The van der Waals surface area contributed by atoms with Crippen molar-refractivity contribution in [3.8, 4) is 5.69 Å². The van der Waals surface area contributed by atoms with Gasteiger partial charge in [-0.05, 0) is 18.7 Å². The van der Waals surface area contributed by atoms with E-state index in [1.54, 1.807) is 0 Å². The van der Waals surface area contributed by atoms with Gasteiger partial charge in [0, 0.05) is 18.2 Å². The number of alkyl halides is 2. The van der Waals surface area contributed by atoms with Crippen molar-refractivity contribution in [3.63, 3.8) is 0 Å². The zero-order chi connectivity index (χ0) is 14.7. The molecule has 0 fully saturated rings. The topological polar surface area (TPSA) is 29.9 Å². The Kier molecular flexibility index (Phi) is 4.39. The number of nitrogens with one attached hydrogen (secondary N) is 1. The Hall–Kier alpha value is -1.89. The third kappa shape index (κ3) is 2.82. The van der Waals surface area contributed by atoms with Crippen molar-refractivity contribution in [1.29, 1.82) is 0 Å². The number of hydrogen-bond acceptors (Lipinski definition) is 2. The largest absolute Gasteiger partial charge is 0.313 e. The van der Waals surface area contributed by atoms with Gasteiger partial charge in [-0.3, -0.25) is 0 Å². The summed E-state index contributed by atoms with van der Waals surface area (Å²) in [5.41, 5.74) is -0.313. The highest BCUT2D eigenvalue weighted by Gasteiger charge is 2.22. The molecule has 0 atom stereocenters. The maximum absolute atomic E-state index is 13.7. The number of hydrogen-bond donors (Lipinski definition) is 1. The second-order valence-corrected chi connectivity index (χ2v) is 4.14. The van der Waals surface area contributed by atoms with Crippen LogP contribution in [-0.4, -0.2) is 16.3 Å². The molecular weight excluding hydrogens is 274 g/mol. The van der Waals surface area contributed by atoms with Crippen LogP contribution in [0.15, 0.2) is 24.4 Å². The summed E-state index contributed by atoms with van der Waals surface area (Å²) in [5.74, 6) is -1.71. The maximum atomic E-state index is 13.7. The zero-order valence-corrected chi connectivity index (χ0v) is 10.7. The van der Waals surface area contributed by atoms with Crippen molar-refractivity contribution in [3.05, 3.63) is 47.3 Å². The molecule has 2 aromatic rings. The highest BCUT2D eigenvalue weighted by atomic mass is 19.3. The van der Waals surface area contributed by atoms with Gasteiger partial charge in [0.15, 0.2) is 5.82 Å². The average Bonchev–Trinajstić information content (AvgIpc) is 2.80. The average molecular weight is 287 g/mol. The molecule has 7 heteroatoms. The first-order chi connectivity index (χ1) is 9.54. The summed E-state index contributed by atoms with van der Waals surface area (Å²) in [4.78, 5) is 0. The minimum absolute atomic E-state index is 0.204. The van der Waals surface area contributed by atoms with Crippen molar-refractivity contribution >= 4 is 0 Å². The van der Waals surface area contributed by atoms with Crippen LogP contribution in [0.4, 0.5) is 17.6 Å². The predicted octanol–water partition coefficient (Wildman–Crippen LogP) is 3.20. The Labute approximate surface area is 113 Å². The Morgan fingerprint density at radius 3 is 2.65 bits per heavy atom. The van der Waals surface area contributed by atoms with Crippen molar-refractivity contribution in [2.24, 2.45) is 0 Å². The first-order valence-electron chi connectivity index (χ1n) is 6.05. The quantitative estimate of drug-likeness (QED) is 0.856. The van der Waals surface area contributed by atoms with E-state index in [0.29, 0.717) is 12.6 Å². The van der Waals surface area contributed by atoms with Crippen LogP contribution in [0.3, 0.4) is 0 Å². The third-order valence-corrected chi connectivity index (χ3v) is 2.80. The molecule has 20 heavy (non-hydrogen) atoms. The van der Waals surface area contributed by atoms with Gasteiger partial charge in [0.1, 0.15) is 17.2 Å². The van der Waals surface area contributed by atoms with Gasteiger partial charge in [0.2, 0.25) is 0 Å². The molecule has 108 valence electrons. The fourth-order valence-electron chi connectivity index (χ4n) is 1.87. The second kappa shape index (κ2) is 6.04. The standard InChI is InChI=1S/C13H13F4N3/c1-2-18-6-8-7-19-20(12(8)13(16)17)11-4-3-9(14)5-10(11)15/h3-5,7,13,18H,2,6H2,1H3. The van der Waals surface area contributed by atoms with Gasteiger partial charge in [0.25, 0.3) is 6.43 Å².